The summed E-state index contributed by atoms with van der Waals surface area (Å²) in [4.78, 5) is 12.8. The van der Waals surface area contributed by atoms with E-state index >= 15 is 0 Å². The number of carbonyl (C=O) groups is 1. The molecule has 0 saturated heterocycles. The normalized spacial score (nSPS) is 10.0. The van der Waals surface area contributed by atoms with Crippen LogP contribution >= 0.6 is 0 Å². The van der Waals surface area contributed by atoms with E-state index in [-0.39, 0.29) is 0 Å². The van der Waals surface area contributed by atoms with E-state index in [1.54, 1.807) is 0 Å². The molecule has 0 N–H and O–H groups in total. The number of nitriles is 1. The lowest BCUT2D eigenvalue weighted by atomic mass is 10.1. The van der Waals surface area contributed by atoms with E-state index in [1.165, 1.54) is 0 Å². The Bertz CT molecular complexity index is 390. The summed E-state index contributed by atoms with van der Waals surface area (Å²) in [6.07, 6.45) is 1.36. The molecule has 0 aliphatic heterocycles. The van der Waals surface area contributed by atoms with Crippen molar-refractivity contribution < 1.29 is 4.79 Å². The number of rotatable bonds is 6. The zero-order chi connectivity index (χ0) is 12.7. The van der Waals surface area contributed by atoms with Crippen molar-refractivity contribution in [2.45, 2.75) is 20.3 Å². The molecule has 0 saturated carbocycles. The van der Waals surface area contributed by atoms with Crippen molar-refractivity contribution >= 4 is 12.0 Å². The molecule has 0 aromatic heterocycles. The molecule has 0 bridgehead atoms. The van der Waals surface area contributed by atoms with E-state index in [0.29, 0.717) is 17.9 Å². The highest BCUT2D eigenvalue weighted by atomic mass is 16.1. The first-order chi connectivity index (χ1) is 8.17. The maximum Gasteiger partial charge on any atom is 0.150 e. The highest BCUT2D eigenvalue weighted by Gasteiger charge is 2.08. The summed E-state index contributed by atoms with van der Waals surface area (Å²) >= 11 is 0. The van der Waals surface area contributed by atoms with Crippen LogP contribution in [0.4, 0.5) is 5.69 Å². The second-order valence-electron chi connectivity index (χ2n) is 4.46. The number of benzene rings is 1. The van der Waals surface area contributed by atoms with Crippen LogP contribution in [0.5, 0.6) is 0 Å². The lowest BCUT2D eigenvalue weighted by molar-refractivity contribution is 0.112. The fraction of sp³-hybridized carbons (Fsp3) is 0.429. The summed E-state index contributed by atoms with van der Waals surface area (Å²) in [7, 11) is 0. The van der Waals surface area contributed by atoms with Crippen LogP contribution in [0.1, 0.15) is 30.6 Å². The molecule has 0 spiro atoms. The van der Waals surface area contributed by atoms with Gasteiger partial charge in [0.1, 0.15) is 6.29 Å². The Hall–Kier alpha value is -1.82. The smallest absolute Gasteiger partial charge is 0.150 e. The van der Waals surface area contributed by atoms with Crippen molar-refractivity contribution in [2.24, 2.45) is 5.92 Å². The van der Waals surface area contributed by atoms with Crippen LogP contribution in [0.15, 0.2) is 24.3 Å². The molecule has 1 aromatic carbocycles. The first-order valence-corrected chi connectivity index (χ1v) is 5.84. The van der Waals surface area contributed by atoms with Crippen LogP contribution in [-0.2, 0) is 0 Å². The first-order valence-electron chi connectivity index (χ1n) is 5.84. The number of carbonyl (C=O) groups excluding carboxylic acids is 1. The molecular formula is C14H18N2O. The molecule has 1 rings (SSSR count). The Kier molecular flexibility index (Phi) is 5.22. The van der Waals surface area contributed by atoms with E-state index in [0.717, 1.165) is 25.1 Å². The van der Waals surface area contributed by atoms with Gasteiger partial charge in [-0.3, -0.25) is 4.79 Å². The van der Waals surface area contributed by atoms with E-state index in [2.05, 4.69) is 24.8 Å². The number of hydrogen-bond donors (Lipinski definition) is 0. The molecule has 0 radical (unpaired) electrons. The van der Waals surface area contributed by atoms with Gasteiger partial charge in [-0.15, -0.1) is 0 Å². The summed E-state index contributed by atoms with van der Waals surface area (Å²) in [6.45, 7) is 5.95. The summed E-state index contributed by atoms with van der Waals surface area (Å²) in [5.74, 6) is 0.541. The minimum atomic E-state index is 0.516. The number of aldehydes is 1. The van der Waals surface area contributed by atoms with E-state index < -0.39 is 0 Å². The van der Waals surface area contributed by atoms with Gasteiger partial charge in [0.2, 0.25) is 0 Å². The zero-order valence-corrected chi connectivity index (χ0v) is 10.4. The third-order valence-corrected chi connectivity index (χ3v) is 2.47. The Labute approximate surface area is 103 Å². The summed E-state index contributed by atoms with van der Waals surface area (Å²) in [6, 6.07) is 9.65. The quantitative estimate of drug-likeness (QED) is 0.706. The van der Waals surface area contributed by atoms with Gasteiger partial charge in [-0.25, -0.2) is 0 Å². The molecule has 0 atom stereocenters. The van der Waals surface area contributed by atoms with Crippen LogP contribution in [0.25, 0.3) is 0 Å². The van der Waals surface area contributed by atoms with Gasteiger partial charge in [0.05, 0.1) is 12.5 Å². The Morgan fingerprint density at radius 2 is 2.00 bits per heavy atom. The van der Waals surface area contributed by atoms with Gasteiger partial charge in [-0.2, -0.15) is 5.26 Å². The lowest BCUT2D eigenvalue weighted by Gasteiger charge is -2.25. The van der Waals surface area contributed by atoms with Crippen molar-refractivity contribution in [3.05, 3.63) is 29.8 Å². The van der Waals surface area contributed by atoms with Gasteiger partial charge in [-0.1, -0.05) is 13.8 Å². The molecule has 17 heavy (non-hydrogen) atoms. The van der Waals surface area contributed by atoms with Crippen molar-refractivity contribution in [1.29, 1.82) is 5.26 Å². The standard InChI is InChI=1S/C14H18N2O/c1-12(2)10-16(9-3-8-15)14-6-4-13(11-17)5-7-14/h4-7,11-12H,3,9-10H2,1-2H3. The molecule has 0 amide bonds. The summed E-state index contributed by atoms with van der Waals surface area (Å²) in [5, 5.41) is 8.66. The molecule has 90 valence electrons. The van der Waals surface area contributed by atoms with Crippen LogP contribution in [-0.4, -0.2) is 19.4 Å². The summed E-state index contributed by atoms with van der Waals surface area (Å²) < 4.78 is 0. The number of hydrogen-bond acceptors (Lipinski definition) is 3. The van der Waals surface area contributed by atoms with Gasteiger partial charge >= 0.3 is 0 Å². The lowest BCUT2D eigenvalue weighted by Crippen LogP contribution is -2.28. The monoisotopic (exact) mass is 230 g/mol. The maximum atomic E-state index is 10.6. The van der Waals surface area contributed by atoms with Crippen LogP contribution in [0.3, 0.4) is 0 Å². The topological polar surface area (TPSA) is 44.1 Å². The van der Waals surface area contributed by atoms with E-state index in [4.69, 9.17) is 5.26 Å². The highest BCUT2D eigenvalue weighted by molar-refractivity contribution is 5.75. The average Bonchev–Trinajstić information content (AvgIpc) is 2.34. The van der Waals surface area contributed by atoms with Gasteiger partial charge in [-0.05, 0) is 30.2 Å². The van der Waals surface area contributed by atoms with E-state index in [9.17, 15) is 4.79 Å². The largest absolute Gasteiger partial charge is 0.370 e. The van der Waals surface area contributed by atoms with Crippen molar-refractivity contribution in [2.75, 3.05) is 18.0 Å². The van der Waals surface area contributed by atoms with E-state index in [1.807, 2.05) is 24.3 Å². The molecule has 0 unspecified atom stereocenters. The molecule has 0 aliphatic rings. The van der Waals surface area contributed by atoms with Gasteiger partial charge < -0.3 is 4.90 Å². The fourth-order valence-electron chi connectivity index (χ4n) is 1.72. The number of nitrogens with zero attached hydrogens (tertiary/aromatic N) is 2. The van der Waals surface area contributed by atoms with Gasteiger partial charge in [0.25, 0.3) is 0 Å². The Balaban J connectivity index is 2.79. The van der Waals surface area contributed by atoms with Gasteiger partial charge in [0.15, 0.2) is 0 Å². The number of anilines is 1. The van der Waals surface area contributed by atoms with Gasteiger partial charge in [0, 0.05) is 24.3 Å². The van der Waals surface area contributed by atoms with Crippen molar-refractivity contribution in [1.82, 2.24) is 0 Å². The molecule has 1 aromatic rings. The average molecular weight is 230 g/mol. The predicted octanol–water partition coefficient (Wildman–Crippen LogP) is 2.88. The minimum Gasteiger partial charge on any atom is -0.370 e. The second kappa shape index (κ2) is 6.70. The molecule has 3 heteroatoms. The fourth-order valence-corrected chi connectivity index (χ4v) is 1.72. The highest BCUT2D eigenvalue weighted by Crippen LogP contribution is 2.16. The second-order valence-corrected chi connectivity index (χ2v) is 4.46. The first kappa shape index (κ1) is 13.2. The molecule has 3 nitrogen and oxygen atoms in total. The predicted molar refractivity (Wildman–Crippen MR) is 69.1 cm³/mol. The SMILES string of the molecule is CC(C)CN(CCC#N)c1ccc(C=O)cc1. The van der Waals surface area contributed by atoms with Crippen LogP contribution < -0.4 is 4.90 Å². The van der Waals surface area contributed by atoms with Crippen molar-refractivity contribution in [3.8, 4) is 6.07 Å². The molecule has 0 fully saturated rings. The van der Waals surface area contributed by atoms with Crippen LogP contribution in [0.2, 0.25) is 0 Å². The zero-order valence-electron chi connectivity index (χ0n) is 10.4. The molecule has 0 aliphatic carbocycles. The third-order valence-electron chi connectivity index (χ3n) is 2.47. The third kappa shape index (κ3) is 4.28. The minimum absolute atomic E-state index is 0.516. The van der Waals surface area contributed by atoms with Crippen LogP contribution in [0, 0.1) is 17.2 Å². The van der Waals surface area contributed by atoms with Crippen molar-refractivity contribution in [3.63, 3.8) is 0 Å². The Morgan fingerprint density at radius 3 is 2.47 bits per heavy atom. The summed E-state index contributed by atoms with van der Waals surface area (Å²) in [5.41, 5.74) is 1.75. The maximum absolute atomic E-state index is 10.6. The molecular weight excluding hydrogens is 212 g/mol. The molecule has 0 heterocycles. The Morgan fingerprint density at radius 1 is 1.35 bits per heavy atom.